The highest BCUT2D eigenvalue weighted by molar-refractivity contribution is 6.04. The molecule has 2 aromatic rings. The fourth-order valence-electron chi connectivity index (χ4n) is 1.99. The third-order valence-corrected chi connectivity index (χ3v) is 3.08. The minimum atomic E-state index is -0.269. The maximum Gasteiger partial charge on any atom is 0.255 e. The molecule has 0 unspecified atom stereocenters. The van der Waals surface area contributed by atoms with Crippen LogP contribution in [0.1, 0.15) is 17.3 Å². The summed E-state index contributed by atoms with van der Waals surface area (Å²) in [5.74, 6) is 0.738. The Morgan fingerprint density at radius 2 is 1.39 bits per heavy atom. The first-order valence-electron chi connectivity index (χ1n) is 6.94. The molecule has 0 aromatic heterocycles. The zero-order chi connectivity index (χ0) is 16.8. The van der Waals surface area contributed by atoms with Crippen LogP contribution in [0.5, 0.6) is 11.5 Å². The SMILES string of the molecule is COc1cc(NC(=O)c2ccc(NC(C)=O)cc2)cc(OC)c1. The fraction of sp³-hybridized carbons (Fsp3) is 0.176. The average Bonchev–Trinajstić information content (AvgIpc) is 2.54. The summed E-state index contributed by atoms with van der Waals surface area (Å²) in [7, 11) is 3.09. The summed E-state index contributed by atoms with van der Waals surface area (Å²) in [6.07, 6.45) is 0. The third kappa shape index (κ3) is 4.47. The van der Waals surface area contributed by atoms with Crippen molar-refractivity contribution < 1.29 is 19.1 Å². The van der Waals surface area contributed by atoms with Gasteiger partial charge in [0.05, 0.1) is 14.2 Å². The number of anilines is 2. The average molecular weight is 314 g/mol. The molecule has 2 rings (SSSR count). The molecule has 0 saturated carbocycles. The number of benzene rings is 2. The van der Waals surface area contributed by atoms with Gasteiger partial charge in [-0.1, -0.05) is 0 Å². The molecule has 0 heterocycles. The van der Waals surface area contributed by atoms with Crippen molar-refractivity contribution in [2.24, 2.45) is 0 Å². The van der Waals surface area contributed by atoms with Crippen molar-refractivity contribution in [3.8, 4) is 11.5 Å². The van der Waals surface area contributed by atoms with E-state index in [1.165, 1.54) is 6.92 Å². The number of amides is 2. The van der Waals surface area contributed by atoms with Crippen LogP contribution in [0.4, 0.5) is 11.4 Å². The van der Waals surface area contributed by atoms with Gasteiger partial charge in [0.15, 0.2) is 0 Å². The van der Waals surface area contributed by atoms with E-state index in [1.807, 2.05) is 0 Å². The molecule has 0 bridgehead atoms. The highest BCUT2D eigenvalue weighted by atomic mass is 16.5. The van der Waals surface area contributed by atoms with Gasteiger partial charge in [-0.25, -0.2) is 0 Å². The number of carbonyl (C=O) groups excluding carboxylic acids is 2. The van der Waals surface area contributed by atoms with E-state index in [1.54, 1.807) is 56.7 Å². The standard InChI is InChI=1S/C17H18N2O4/c1-11(20)18-13-6-4-12(5-7-13)17(21)19-14-8-15(22-2)10-16(9-14)23-3/h4-10H,1-3H3,(H,18,20)(H,19,21). The summed E-state index contributed by atoms with van der Waals surface area (Å²) in [4.78, 5) is 23.2. The summed E-state index contributed by atoms with van der Waals surface area (Å²) in [6.45, 7) is 1.43. The van der Waals surface area contributed by atoms with Gasteiger partial charge in [0.1, 0.15) is 11.5 Å². The van der Waals surface area contributed by atoms with Crippen LogP contribution in [0.2, 0.25) is 0 Å². The lowest BCUT2D eigenvalue weighted by molar-refractivity contribution is -0.114. The van der Waals surface area contributed by atoms with Gasteiger partial charge in [-0.05, 0) is 24.3 Å². The Bertz CT molecular complexity index is 689. The molecular formula is C17H18N2O4. The number of methoxy groups -OCH3 is 2. The summed E-state index contributed by atoms with van der Waals surface area (Å²) < 4.78 is 10.3. The smallest absolute Gasteiger partial charge is 0.255 e. The molecule has 120 valence electrons. The second kappa shape index (κ2) is 7.31. The molecule has 2 amide bonds. The van der Waals surface area contributed by atoms with Crippen LogP contribution in [0.3, 0.4) is 0 Å². The highest BCUT2D eigenvalue weighted by Crippen LogP contribution is 2.26. The van der Waals surface area contributed by atoms with E-state index < -0.39 is 0 Å². The topological polar surface area (TPSA) is 76.7 Å². The van der Waals surface area contributed by atoms with Gasteiger partial charge in [-0.3, -0.25) is 9.59 Å². The van der Waals surface area contributed by atoms with E-state index in [4.69, 9.17) is 9.47 Å². The van der Waals surface area contributed by atoms with Gasteiger partial charge >= 0.3 is 0 Å². The minimum absolute atomic E-state index is 0.161. The van der Waals surface area contributed by atoms with E-state index in [9.17, 15) is 9.59 Å². The Labute approximate surface area is 134 Å². The van der Waals surface area contributed by atoms with Crippen LogP contribution < -0.4 is 20.1 Å². The molecule has 0 aliphatic heterocycles. The van der Waals surface area contributed by atoms with Gasteiger partial charge in [-0.15, -0.1) is 0 Å². The normalized spacial score (nSPS) is 9.87. The predicted molar refractivity (Wildman–Crippen MR) is 88.2 cm³/mol. The minimum Gasteiger partial charge on any atom is -0.497 e. The molecule has 0 spiro atoms. The van der Waals surface area contributed by atoms with Gasteiger partial charge in [0.25, 0.3) is 5.91 Å². The zero-order valence-electron chi connectivity index (χ0n) is 13.2. The van der Waals surface area contributed by atoms with Crippen molar-refractivity contribution in [2.75, 3.05) is 24.9 Å². The molecule has 0 saturated heterocycles. The first kappa shape index (κ1) is 16.4. The Morgan fingerprint density at radius 3 is 1.87 bits per heavy atom. The summed E-state index contributed by atoms with van der Waals surface area (Å²) in [6, 6.07) is 11.7. The highest BCUT2D eigenvalue weighted by Gasteiger charge is 2.09. The molecular weight excluding hydrogens is 296 g/mol. The van der Waals surface area contributed by atoms with E-state index in [2.05, 4.69) is 10.6 Å². The van der Waals surface area contributed by atoms with Gasteiger partial charge in [-0.2, -0.15) is 0 Å². The van der Waals surface area contributed by atoms with Crippen LogP contribution in [-0.2, 0) is 4.79 Å². The molecule has 2 N–H and O–H groups in total. The molecule has 23 heavy (non-hydrogen) atoms. The first-order valence-corrected chi connectivity index (χ1v) is 6.94. The van der Waals surface area contributed by atoms with Crippen LogP contribution in [0.25, 0.3) is 0 Å². The van der Waals surface area contributed by atoms with Crippen molar-refractivity contribution >= 4 is 23.2 Å². The second-order valence-electron chi connectivity index (χ2n) is 4.81. The lowest BCUT2D eigenvalue weighted by Gasteiger charge is -2.10. The number of hydrogen-bond donors (Lipinski definition) is 2. The molecule has 0 fully saturated rings. The lowest BCUT2D eigenvalue weighted by Crippen LogP contribution is -2.12. The maximum atomic E-state index is 12.3. The second-order valence-corrected chi connectivity index (χ2v) is 4.81. The van der Waals surface area contributed by atoms with Gasteiger partial charge in [0.2, 0.25) is 5.91 Å². The largest absolute Gasteiger partial charge is 0.497 e. The lowest BCUT2D eigenvalue weighted by atomic mass is 10.2. The van der Waals surface area contributed by atoms with Crippen LogP contribution in [0, 0.1) is 0 Å². The maximum absolute atomic E-state index is 12.3. The zero-order valence-corrected chi connectivity index (χ0v) is 13.2. The molecule has 6 heteroatoms. The number of ether oxygens (including phenoxy) is 2. The fourth-order valence-corrected chi connectivity index (χ4v) is 1.99. The van der Waals surface area contributed by atoms with E-state index in [0.717, 1.165) is 0 Å². The summed E-state index contributed by atoms with van der Waals surface area (Å²) in [5, 5.41) is 5.43. The van der Waals surface area contributed by atoms with Gasteiger partial charge in [0, 0.05) is 42.1 Å². The van der Waals surface area contributed by atoms with Crippen molar-refractivity contribution in [1.29, 1.82) is 0 Å². The summed E-state index contributed by atoms with van der Waals surface area (Å²) in [5.41, 5.74) is 1.68. The summed E-state index contributed by atoms with van der Waals surface area (Å²) >= 11 is 0. The molecule has 0 atom stereocenters. The predicted octanol–water partition coefficient (Wildman–Crippen LogP) is 2.91. The van der Waals surface area contributed by atoms with Gasteiger partial charge < -0.3 is 20.1 Å². The number of rotatable bonds is 5. The Kier molecular flexibility index (Phi) is 5.19. The monoisotopic (exact) mass is 314 g/mol. The quantitative estimate of drug-likeness (QED) is 0.889. The Balaban J connectivity index is 2.13. The molecule has 0 aliphatic rings. The number of nitrogens with one attached hydrogen (secondary N) is 2. The van der Waals surface area contributed by atoms with Crippen molar-refractivity contribution in [3.05, 3.63) is 48.0 Å². The Hall–Kier alpha value is -3.02. The van der Waals surface area contributed by atoms with Crippen molar-refractivity contribution in [1.82, 2.24) is 0 Å². The van der Waals surface area contributed by atoms with Crippen LogP contribution in [0.15, 0.2) is 42.5 Å². The number of hydrogen-bond acceptors (Lipinski definition) is 4. The van der Waals surface area contributed by atoms with Crippen molar-refractivity contribution in [2.45, 2.75) is 6.92 Å². The van der Waals surface area contributed by atoms with E-state index in [-0.39, 0.29) is 11.8 Å². The molecule has 0 aliphatic carbocycles. The van der Waals surface area contributed by atoms with Crippen LogP contribution in [-0.4, -0.2) is 26.0 Å². The van der Waals surface area contributed by atoms with E-state index >= 15 is 0 Å². The van der Waals surface area contributed by atoms with Crippen LogP contribution >= 0.6 is 0 Å². The Morgan fingerprint density at radius 1 is 0.826 bits per heavy atom. The number of carbonyl (C=O) groups is 2. The first-order chi connectivity index (χ1) is 11.0. The third-order valence-electron chi connectivity index (χ3n) is 3.08. The molecule has 2 aromatic carbocycles. The molecule has 6 nitrogen and oxygen atoms in total. The van der Waals surface area contributed by atoms with Crippen molar-refractivity contribution in [3.63, 3.8) is 0 Å². The molecule has 0 radical (unpaired) electrons. The van der Waals surface area contributed by atoms with E-state index in [0.29, 0.717) is 28.4 Å².